The molecule has 1 aromatic carbocycles. The molecule has 2 aromatic rings. The predicted molar refractivity (Wildman–Crippen MR) is 133 cm³/mol. The summed E-state index contributed by atoms with van der Waals surface area (Å²) in [7, 11) is 0. The van der Waals surface area contributed by atoms with Crippen molar-refractivity contribution in [2.45, 2.75) is 65.3 Å². The molecule has 1 aromatic heterocycles. The average Bonchev–Trinajstić information content (AvgIpc) is 3.49. The molecule has 178 valence electrons. The molecule has 0 radical (unpaired) electrons. The van der Waals surface area contributed by atoms with Crippen LogP contribution in [-0.4, -0.2) is 47.9 Å². The number of ether oxygens (including phenoxy) is 1. The van der Waals surface area contributed by atoms with Gasteiger partial charge in [0.2, 0.25) is 11.8 Å². The van der Waals surface area contributed by atoms with Crippen LogP contribution in [0, 0.1) is 19.8 Å². The van der Waals surface area contributed by atoms with Crippen LogP contribution in [0.15, 0.2) is 29.6 Å². The van der Waals surface area contributed by atoms with E-state index in [1.807, 2.05) is 15.9 Å². The molecule has 0 bridgehead atoms. The first-order valence-electron chi connectivity index (χ1n) is 12.3. The lowest BCUT2D eigenvalue weighted by Crippen LogP contribution is -2.48. The molecule has 4 rings (SSSR count). The Kier molecular flexibility index (Phi) is 7.74. The molecule has 1 aliphatic carbocycles. The molecule has 0 unspecified atom stereocenters. The van der Waals surface area contributed by atoms with Crippen LogP contribution in [0.5, 0.6) is 5.75 Å². The van der Waals surface area contributed by atoms with Gasteiger partial charge < -0.3 is 14.5 Å². The summed E-state index contributed by atoms with van der Waals surface area (Å²) in [6, 6.07) is 8.19. The van der Waals surface area contributed by atoms with Crippen molar-refractivity contribution in [1.29, 1.82) is 0 Å². The Morgan fingerprint density at radius 3 is 2.70 bits per heavy atom. The van der Waals surface area contributed by atoms with Gasteiger partial charge in [0.15, 0.2) is 0 Å². The minimum Gasteiger partial charge on any atom is -0.491 e. The predicted octanol–water partition coefficient (Wildman–Crippen LogP) is 5.30. The highest BCUT2D eigenvalue weighted by Gasteiger charge is 2.35. The van der Waals surface area contributed by atoms with Crippen molar-refractivity contribution in [2.24, 2.45) is 5.92 Å². The lowest BCUT2D eigenvalue weighted by molar-refractivity contribution is -0.144. The number of hydrogen-bond donors (Lipinski definition) is 0. The average molecular weight is 469 g/mol. The number of aryl methyl sites for hydroxylation is 2. The molecular weight excluding hydrogens is 432 g/mol. The van der Waals surface area contributed by atoms with Gasteiger partial charge in [0.25, 0.3) is 0 Å². The molecule has 0 spiro atoms. The third kappa shape index (κ3) is 5.43. The summed E-state index contributed by atoms with van der Waals surface area (Å²) in [5, 5.41) is 2.11. The summed E-state index contributed by atoms with van der Waals surface area (Å²) in [4.78, 5) is 31.7. The van der Waals surface area contributed by atoms with Gasteiger partial charge in [-0.1, -0.05) is 37.5 Å². The molecule has 1 saturated carbocycles. The zero-order chi connectivity index (χ0) is 23.4. The number of benzene rings is 1. The molecule has 2 aliphatic rings. The number of nitrogens with zero attached hydrogens (tertiary/aromatic N) is 2. The second-order valence-electron chi connectivity index (χ2n) is 9.47. The van der Waals surface area contributed by atoms with E-state index in [2.05, 4.69) is 44.4 Å². The van der Waals surface area contributed by atoms with Gasteiger partial charge in [0, 0.05) is 23.9 Å². The molecule has 0 saturated heterocycles. The van der Waals surface area contributed by atoms with E-state index in [0.717, 1.165) is 49.8 Å². The van der Waals surface area contributed by atoms with Crippen LogP contribution in [0.4, 0.5) is 0 Å². The van der Waals surface area contributed by atoms with E-state index < -0.39 is 0 Å². The Balaban J connectivity index is 1.50. The van der Waals surface area contributed by atoms with Gasteiger partial charge in [-0.2, -0.15) is 0 Å². The van der Waals surface area contributed by atoms with Crippen molar-refractivity contribution in [1.82, 2.24) is 9.80 Å². The number of thiophene rings is 1. The zero-order valence-electron chi connectivity index (χ0n) is 20.1. The molecule has 1 aliphatic heterocycles. The first-order valence-corrected chi connectivity index (χ1v) is 13.2. The van der Waals surface area contributed by atoms with E-state index in [1.54, 1.807) is 11.3 Å². The smallest absolute Gasteiger partial charge is 0.242 e. The Labute approximate surface area is 201 Å². The molecule has 1 fully saturated rings. The Morgan fingerprint density at radius 1 is 1.18 bits per heavy atom. The SMILES string of the molecule is CCCN(CC(=O)N1CCc2sccc2[C@H]1COc1ccc(C)cc1C)C(=O)C1CCCC1. The fourth-order valence-corrected chi connectivity index (χ4v) is 6.15. The van der Waals surface area contributed by atoms with Crippen LogP contribution >= 0.6 is 11.3 Å². The van der Waals surface area contributed by atoms with Crippen molar-refractivity contribution in [3.63, 3.8) is 0 Å². The van der Waals surface area contributed by atoms with Crippen LogP contribution in [0.1, 0.15) is 66.6 Å². The molecule has 6 heteroatoms. The summed E-state index contributed by atoms with van der Waals surface area (Å²) < 4.78 is 6.25. The first kappa shape index (κ1) is 23.8. The first-order chi connectivity index (χ1) is 16.0. The van der Waals surface area contributed by atoms with E-state index in [1.165, 1.54) is 16.0 Å². The van der Waals surface area contributed by atoms with Crippen LogP contribution < -0.4 is 4.74 Å². The normalized spacial score (nSPS) is 18.3. The fourth-order valence-electron chi connectivity index (χ4n) is 5.23. The van der Waals surface area contributed by atoms with Gasteiger partial charge in [0.1, 0.15) is 12.4 Å². The third-order valence-corrected chi connectivity index (χ3v) is 7.97. The minimum atomic E-state index is -0.127. The highest BCUT2D eigenvalue weighted by Crippen LogP contribution is 2.34. The number of amides is 2. The number of carbonyl (C=O) groups is 2. The van der Waals surface area contributed by atoms with Gasteiger partial charge in [-0.05, 0) is 68.2 Å². The van der Waals surface area contributed by atoms with Gasteiger partial charge in [-0.25, -0.2) is 0 Å². The number of rotatable bonds is 8. The molecule has 2 amide bonds. The number of carbonyl (C=O) groups excluding carboxylic acids is 2. The number of fused-ring (bicyclic) bond motifs is 1. The van der Waals surface area contributed by atoms with Crippen molar-refractivity contribution in [2.75, 3.05) is 26.2 Å². The van der Waals surface area contributed by atoms with Crippen molar-refractivity contribution in [3.05, 3.63) is 51.2 Å². The van der Waals surface area contributed by atoms with Crippen molar-refractivity contribution in [3.8, 4) is 5.75 Å². The Bertz CT molecular complexity index is 979. The lowest BCUT2D eigenvalue weighted by atomic mass is 10.00. The van der Waals surface area contributed by atoms with Crippen molar-refractivity contribution < 1.29 is 14.3 Å². The van der Waals surface area contributed by atoms with Crippen LogP contribution in [-0.2, 0) is 16.0 Å². The van der Waals surface area contributed by atoms with E-state index in [-0.39, 0.29) is 30.3 Å². The fraction of sp³-hybridized carbons (Fsp3) is 0.556. The van der Waals surface area contributed by atoms with Crippen LogP contribution in [0.3, 0.4) is 0 Å². The second kappa shape index (κ2) is 10.7. The Morgan fingerprint density at radius 2 is 1.97 bits per heavy atom. The van der Waals surface area contributed by atoms with E-state index in [9.17, 15) is 9.59 Å². The molecular formula is C27H36N2O3S. The molecule has 1 atom stereocenters. The highest BCUT2D eigenvalue weighted by atomic mass is 32.1. The largest absolute Gasteiger partial charge is 0.491 e. The number of hydrogen-bond acceptors (Lipinski definition) is 4. The monoisotopic (exact) mass is 468 g/mol. The van der Waals surface area contributed by atoms with Crippen LogP contribution in [0.2, 0.25) is 0 Å². The standard InChI is InChI=1S/C27H36N2O3S/c1-4-13-28(27(31)21-7-5-6-8-21)17-26(30)29-14-11-25-22(12-15-33-25)23(29)18-32-24-10-9-19(2)16-20(24)3/h9-10,12,15-16,21,23H,4-8,11,13-14,17-18H2,1-3H3/t23-/m1/s1. The van der Waals surface area contributed by atoms with E-state index >= 15 is 0 Å². The van der Waals surface area contributed by atoms with E-state index in [4.69, 9.17) is 4.74 Å². The maximum absolute atomic E-state index is 13.5. The van der Waals surface area contributed by atoms with Crippen LogP contribution in [0.25, 0.3) is 0 Å². The summed E-state index contributed by atoms with van der Waals surface area (Å²) in [6.45, 7) is 8.10. The maximum atomic E-state index is 13.5. The Hall–Kier alpha value is -2.34. The summed E-state index contributed by atoms with van der Waals surface area (Å²) >= 11 is 1.76. The second-order valence-corrected chi connectivity index (χ2v) is 10.5. The zero-order valence-corrected chi connectivity index (χ0v) is 21.0. The topological polar surface area (TPSA) is 49.9 Å². The summed E-state index contributed by atoms with van der Waals surface area (Å²) in [5.41, 5.74) is 3.50. The van der Waals surface area contributed by atoms with Gasteiger partial charge in [0.05, 0.1) is 12.6 Å². The van der Waals surface area contributed by atoms with E-state index in [0.29, 0.717) is 19.7 Å². The van der Waals surface area contributed by atoms with Gasteiger partial charge in [-0.15, -0.1) is 11.3 Å². The van der Waals surface area contributed by atoms with Gasteiger partial charge >= 0.3 is 0 Å². The molecule has 2 heterocycles. The third-order valence-electron chi connectivity index (χ3n) is 6.98. The van der Waals surface area contributed by atoms with Crippen molar-refractivity contribution >= 4 is 23.2 Å². The lowest BCUT2D eigenvalue weighted by Gasteiger charge is -2.37. The summed E-state index contributed by atoms with van der Waals surface area (Å²) in [5.74, 6) is 1.15. The quantitative estimate of drug-likeness (QED) is 0.528. The van der Waals surface area contributed by atoms with Gasteiger partial charge in [-0.3, -0.25) is 9.59 Å². The minimum absolute atomic E-state index is 0.0286. The summed E-state index contributed by atoms with van der Waals surface area (Å²) in [6.07, 6.45) is 5.89. The molecule has 5 nitrogen and oxygen atoms in total. The maximum Gasteiger partial charge on any atom is 0.242 e. The molecule has 0 N–H and O–H groups in total. The molecule has 33 heavy (non-hydrogen) atoms. The highest BCUT2D eigenvalue weighted by molar-refractivity contribution is 7.10.